The summed E-state index contributed by atoms with van der Waals surface area (Å²) in [6.45, 7) is 2.39. The van der Waals surface area contributed by atoms with Gasteiger partial charge in [-0.3, -0.25) is 0 Å². The summed E-state index contributed by atoms with van der Waals surface area (Å²) < 4.78 is 0.842. The molecule has 0 saturated heterocycles. The van der Waals surface area contributed by atoms with Crippen LogP contribution < -0.4 is 11.1 Å². The van der Waals surface area contributed by atoms with Crippen molar-refractivity contribution >= 4 is 22.9 Å². The molecule has 0 aromatic carbocycles. The van der Waals surface area contributed by atoms with E-state index in [1.807, 2.05) is 11.4 Å². The van der Waals surface area contributed by atoms with Gasteiger partial charge >= 0.3 is 0 Å². The van der Waals surface area contributed by atoms with Crippen LogP contribution in [0.25, 0.3) is 0 Å². The Balaban J connectivity index is 2.27. The van der Waals surface area contributed by atoms with Crippen LogP contribution in [0.2, 0.25) is 4.34 Å². The van der Waals surface area contributed by atoms with Crippen molar-refractivity contribution in [3.05, 3.63) is 21.3 Å². The molecule has 0 unspecified atom stereocenters. The van der Waals surface area contributed by atoms with Crippen LogP contribution in [0.5, 0.6) is 0 Å². The predicted octanol–water partition coefficient (Wildman–Crippen LogP) is 1.45. The minimum absolute atomic E-state index is 0.678. The molecular formula is C7H11ClN2S. The van der Waals surface area contributed by atoms with Crippen molar-refractivity contribution in [1.29, 1.82) is 0 Å². The van der Waals surface area contributed by atoms with Crippen LogP contribution in [0.4, 0.5) is 0 Å². The first-order chi connectivity index (χ1) is 5.33. The highest BCUT2D eigenvalue weighted by Gasteiger charge is 1.95. The number of halogens is 1. The molecule has 0 fully saturated rings. The molecule has 0 spiro atoms. The number of hydrogen-bond donors (Lipinski definition) is 2. The third-order valence-electron chi connectivity index (χ3n) is 1.27. The maximum atomic E-state index is 5.74. The second-order valence-electron chi connectivity index (χ2n) is 2.22. The highest BCUT2D eigenvalue weighted by atomic mass is 35.5. The highest BCUT2D eigenvalue weighted by Crippen LogP contribution is 2.19. The van der Waals surface area contributed by atoms with E-state index in [4.69, 9.17) is 17.3 Å². The van der Waals surface area contributed by atoms with E-state index in [1.54, 1.807) is 11.3 Å². The van der Waals surface area contributed by atoms with Gasteiger partial charge in [-0.1, -0.05) is 11.6 Å². The number of nitrogens with two attached hydrogens (primary N) is 1. The van der Waals surface area contributed by atoms with Crippen molar-refractivity contribution in [2.75, 3.05) is 13.1 Å². The van der Waals surface area contributed by atoms with E-state index in [1.165, 1.54) is 5.56 Å². The third-order valence-corrected chi connectivity index (χ3v) is 2.41. The van der Waals surface area contributed by atoms with Crippen molar-refractivity contribution in [3.8, 4) is 0 Å². The molecule has 11 heavy (non-hydrogen) atoms. The molecule has 0 aliphatic heterocycles. The van der Waals surface area contributed by atoms with Gasteiger partial charge in [-0.25, -0.2) is 0 Å². The molecule has 1 heterocycles. The Bertz CT molecular complexity index is 212. The van der Waals surface area contributed by atoms with E-state index in [0.717, 1.165) is 17.4 Å². The summed E-state index contributed by atoms with van der Waals surface area (Å²) in [5.74, 6) is 0. The maximum Gasteiger partial charge on any atom is 0.0931 e. The van der Waals surface area contributed by atoms with Gasteiger partial charge in [0.1, 0.15) is 0 Å². The first-order valence-electron chi connectivity index (χ1n) is 3.46. The lowest BCUT2D eigenvalue weighted by Gasteiger charge is -1.98. The van der Waals surface area contributed by atoms with Crippen molar-refractivity contribution in [1.82, 2.24) is 5.32 Å². The summed E-state index contributed by atoms with van der Waals surface area (Å²) in [7, 11) is 0. The molecule has 0 atom stereocenters. The fourth-order valence-corrected chi connectivity index (χ4v) is 1.68. The van der Waals surface area contributed by atoms with Crippen molar-refractivity contribution in [2.45, 2.75) is 6.54 Å². The van der Waals surface area contributed by atoms with Crippen LogP contribution in [-0.4, -0.2) is 13.1 Å². The monoisotopic (exact) mass is 190 g/mol. The fourth-order valence-electron chi connectivity index (χ4n) is 0.773. The Kier molecular flexibility index (Phi) is 3.86. The summed E-state index contributed by atoms with van der Waals surface area (Å²) >= 11 is 7.30. The van der Waals surface area contributed by atoms with Gasteiger partial charge in [0, 0.05) is 19.6 Å². The Hall–Kier alpha value is -0.0900. The van der Waals surface area contributed by atoms with Gasteiger partial charge < -0.3 is 11.1 Å². The second-order valence-corrected chi connectivity index (χ2v) is 3.77. The zero-order valence-electron chi connectivity index (χ0n) is 6.14. The topological polar surface area (TPSA) is 38.0 Å². The van der Waals surface area contributed by atoms with Crippen LogP contribution in [0.15, 0.2) is 11.4 Å². The Labute approximate surface area is 75.4 Å². The first kappa shape index (κ1) is 9.00. The SMILES string of the molecule is NCCNCc1csc(Cl)c1. The summed E-state index contributed by atoms with van der Waals surface area (Å²) in [5, 5.41) is 5.24. The Morgan fingerprint density at radius 3 is 3.00 bits per heavy atom. The minimum atomic E-state index is 0.678. The van der Waals surface area contributed by atoms with E-state index in [0.29, 0.717) is 6.54 Å². The predicted molar refractivity (Wildman–Crippen MR) is 50.1 cm³/mol. The Morgan fingerprint density at radius 1 is 1.64 bits per heavy atom. The molecule has 3 N–H and O–H groups in total. The maximum absolute atomic E-state index is 5.74. The highest BCUT2D eigenvalue weighted by molar-refractivity contribution is 7.14. The average molecular weight is 191 g/mol. The van der Waals surface area contributed by atoms with Gasteiger partial charge in [-0.05, 0) is 17.0 Å². The number of thiophene rings is 1. The lowest BCUT2D eigenvalue weighted by atomic mass is 10.3. The van der Waals surface area contributed by atoms with E-state index < -0.39 is 0 Å². The fraction of sp³-hybridized carbons (Fsp3) is 0.429. The van der Waals surface area contributed by atoms with Gasteiger partial charge in [0.05, 0.1) is 4.34 Å². The molecule has 62 valence electrons. The molecule has 0 bridgehead atoms. The summed E-state index contributed by atoms with van der Waals surface area (Å²) in [4.78, 5) is 0. The van der Waals surface area contributed by atoms with Crippen LogP contribution >= 0.6 is 22.9 Å². The molecule has 0 aliphatic carbocycles. The molecule has 0 amide bonds. The van der Waals surface area contributed by atoms with Crippen molar-refractivity contribution < 1.29 is 0 Å². The Morgan fingerprint density at radius 2 is 2.45 bits per heavy atom. The molecule has 0 saturated carbocycles. The van der Waals surface area contributed by atoms with E-state index in [2.05, 4.69) is 5.32 Å². The number of nitrogens with one attached hydrogen (secondary N) is 1. The van der Waals surface area contributed by atoms with Gasteiger partial charge in [-0.2, -0.15) is 0 Å². The van der Waals surface area contributed by atoms with E-state index in [-0.39, 0.29) is 0 Å². The first-order valence-corrected chi connectivity index (χ1v) is 4.72. The molecule has 0 aliphatic rings. The van der Waals surface area contributed by atoms with Gasteiger partial charge in [0.15, 0.2) is 0 Å². The number of rotatable bonds is 4. The third kappa shape index (κ3) is 3.20. The summed E-state index contributed by atoms with van der Waals surface area (Å²) in [6, 6.07) is 1.97. The van der Waals surface area contributed by atoms with E-state index in [9.17, 15) is 0 Å². The van der Waals surface area contributed by atoms with Crippen LogP contribution in [0.1, 0.15) is 5.56 Å². The van der Waals surface area contributed by atoms with Crippen LogP contribution in [0.3, 0.4) is 0 Å². The quantitative estimate of drug-likeness (QED) is 0.706. The average Bonchev–Trinajstić information content (AvgIpc) is 2.37. The summed E-state index contributed by atoms with van der Waals surface area (Å²) in [6.07, 6.45) is 0. The standard InChI is InChI=1S/C7H11ClN2S/c8-7-3-6(5-11-7)4-10-2-1-9/h3,5,10H,1-2,4,9H2. The number of hydrogen-bond acceptors (Lipinski definition) is 3. The summed E-state index contributed by atoms with van der Waals surface area (Å²) in [5.41, 5.74) is 6.54. The minimum Gasteiger partial charge on any atom is -0.329 e. The van der Waals surface area contributed by atoms with Crippen LogP contribution in [-0.2, 0) is 6.54 Å². The van der Waals surface area contributed by atoms with E-state index >= 15 is 0 Å². The van der Waals surface area contributed by atoms with Crippen molar-refractivity contribution in [2.24, 2.45) is 5.73 Å². The molecule has 4 heteroatoms. The molecule has 1 aromatic heterocycles. The molecule has 1 aromatic rings. The van der Waals surface area contributed by atoms with Crippen LogP contribution in [0, 0.1) is 0 Å². The molecule has 1 rings (SSSR count). The van der Waals surface area contributed by atoms with Gasteiger partial charge in [0.25, 0.3) is 0 Å². The zero-order chi connectivity index (χ0) is 8.10. The lowest BCUT2D eigenvalue weighted by molar-refractivity contribution is 0.696. The van der Waals surface area contributed by atoms with Gasteiger partial charge in [-0.15, -0.1) is 11.3 Å². The molecular weight excluding hydrogens is 180 g/mol. The zero-order valence-corrected chi connectivity index (χ0v) is 7.71. The van der Waals surface area contributed by atoms with Crippen molar-refractivity contribution in [3.63, 3.8) is 0 Å². The molecule has 0 radical (unpaired) electrons. The second kappa shape index (κ2) is 4.72. The normalized spacial score (nSPS) is 10.4. The molecule has 2 nitrogen and oxygen atoms in total. The lowest BCUT2D eigenvalue weighted by Crippen LogP contribution is -2.21. The largest absolute Gasteiger partial charge is 0.329 e. The van der Waals surface area contributed by atoms with Gasteiger partial charge in [0.2, 0.25) is 0 Å². The smallest absolute Gasteiger partial charge is 0.0931 e.